The average molecular weight is 283 g/mol. The second-order valence-corrected chi connectivity index (χ2v) is 5.83. The Labute approximate surface area is 120 Å². The third-order valence-electron chi connectivity index (χ3n) is 4.48. The standard InChI is InChI=1S/C14H25N3O3/c1-3-15-7-8-17(9-11(15)2)14(20)16-6-4-5-12(10-16)13(18)19/h11-12H,3-10H2,1-2H3,(H,18,19)/t11?,12-/m1/s1. The highest BCUT2D eigenvalue weighted by atomic mass is 16.4. The predicted molar refractivity (Wildman–Crippen MR) is 75.6 cm³/mol. The average Bonchev–Trinajstić information content (AvgIpc) is 2.46. The van der Waals surface area contributed by atoms with Crippen LogP contribution in [-0.4, -0.2) is 77.1 Å². The van der Waals surface area contributed by atoms with Gasteiger partial charge in [-0.15, -0.1) is 0 Å². The van der Waals surface area contributed by atoms with Crippen LogP contribution in [0.3, 0.4) is 0 Å². The summed E-state index contributed by atoms with van der Waals surface area (Å²) >= 11 is 0. The van der Waals surface area contributed by atoms with E-state index in [4.69, 9.17) is 5.11 Å². The molecule has 6 heteroatoms. The van der Waals surface area contributed by atoms with Crippen LogP contribution in [0.15, 0.2) is 0 Å². The molecule has 2 saturated heterocycles. The number of amides is 2. The molecule has 1 unspecified atom stereocenters. The minimum Gasteiger partial charge on any atom is -0.481 e. The molecule has 114 valence electrons. The number of nitrogens with zero attached hydrogens (tertiary/aromatic N) is 3. The van der Waals surface area contributed by atoms with Gasteiger partial charge >= 0.3 is 12.0 Å². The van der Waals surface area contributed by atoms with Crippen molar-refractivity contribution in [3.05, 3.63) is 0 Å². The van der Waals surface area contributed by atoms with E-state index in [1.54, 1.807) is 4.90 Å². The van der Waals surface area contributed by atoms with Gasteiger partial charge in [0.25, 0.3) is 0 Å². The van der Waals surface area contributed by atoms with Crippen molar-refractivity contribution in [1.82, 2.24) is 14.7 Å². The van der Waals surface area contributed by atoms with Crippen LogP contribution < -0.4 is 0 Å². The summed E-state index contributed by atoms with van der Waals surface area (Å²) in [5.74, 6) is -1.19. The highest BCUT2D eigenvalue weighted by molar-refractivity contribution is 5.76. The lowest BCUT2D eigenvalue weighted by Crippen LogP contribution is -2.57. The second-order valence-electron chi connectivity index (χ2n) is 5.83. The monoisotopic (exact) mass is 283 g/mol. The molecule has 0 aromatic carbocycles. The molecule has 0 saturated carbocycles. The zero-order valence-electron chi connectivity index (χ0n) is 12.4. The molecular weight excluding hydrogens is 258 g/mol. The first-order valence-electron chi connectivity index (χ1n) is 7.53. The highest BCUT2D eigenvalue weighted by Gasteiger charge is 2.33. The van der Waals surface area contributed by atoms with Gasteiger partial charge < -0.3 is 14.9 Å². The zero-order chi connectivity index (χ0) is 14.7. The Kier molecular flexibility index (Phi) is 4.86. The van der Waals surface area contributed by atoms with E-state index < -0.39 is 11.9 Å². The van der Waals surface area contributed by atoms with Gasteiger partial charge in [0.15, 0.2) is 0 Å². The molecule has 0 bridgehead atoms. The fraction of sp³-hybridized carbons (Fsp3) is 0.857. The van der Waals surface area contributed by atoms with E-state index in [0.29, 0.717) is 25.6 Å². The first-order valence-corrected chi connectivity index (χ1v) is 7.53. The number of carbonyl (C=O) groups excluding carboxylic acids is 1. The first-order chi connectivity index (χ1) is 9.52. The molecule has 0 aromatic rings. The lowest BCUT2D eigenvalue weighted by Gasteiger charge is -2.42. The maximum Gasteiger partial charge on any atom is 0.320 e. The van der Waals surface area contributed by atoms with E-state index in [1.165, 1.54) is 0 Å². The number of carboxylic acid groups (broad SMARTS) is 1. The highest BCUT2D eigenvalue weighted by Crippen LogP contribution is 2.19. The Morgan fingerprint density at radius 1 is 1.15 bits per heavy atom. The largest absolute Gasteiger partial charge is 0.481 e. The molecular formula is C14H25N3O3. The summed E-state index contributed by atoms with van der Waals surface area (Å²) in [7, 11) is 0. The number of likely N-dealkylation sites (tertiary alicyclic amines) is 1. The van der Waals surface area contributed by atoms with Gasteiger partial charge in [-0.3, -0.25) is 9.69 Å². The summed E-state index contributed by atoms with van der Waals surface area (Å²) in [6.45, 7) is 8.70. The number of likely N-dealkylation sites (N-methyl/N-ethyl adjacent to an activating group) is 1. The Balaban J connectivity index is 1.92. The molecule has 2 heterocycles. The van der Waals surface area contributed by atoms with Crippen molar-refractivity contribution in [1.29, 1.82) is 0 Å². The van der Waals surface area contributed by atoms with Crippen molar-refractivity contribution in [3.63, 3.8) is 0 Å². The van der Waals surface area contributed by atoms with Crippen molar-refractivity contribution < 1.29 is 14.7 Å². The number of aliphatic carboxylic acids is 1. The van der Waals surface area contributed by atoms with Crippen LogP contribution >= 0.6 is 0 Å². The molecule has 0 aromatic heterocycles. The molecule has 2 fully saturated rings. The number of hydrogen-bond acceptors (Lipinski definition) is 3. The molecule has 0 radical (unpaired) electrons. The Morgan fingerprint density at radius 3 is 2.45 bits per heavy atom. The molecule has 0 spiro atoms. The third-order valence-corrected chi connectivity index (χ3v) is 4.48. The molecule has 1 N–H and O–H groups in total. The molecule has 2 rings (SSSR count). The lowest BCUT2D eigenvalue weighted by atomic mass is 9.98. The van der Waals surface area contributed by atoms with Crippen molar-refractivity contribution in [2.75, 3.05) is 39.3 Å². The normalized spacial score (nSPS) is 28.5. The molecule has 2 amide bonds. The van der Waals surface area contributed by atoms with Gasteiger partial charge in [-0.25, -0.2) is 4.79 Å². The molecule has 0 aliphatic carbocycles. The minimum atomic E-state index is -0.785. The first kappa shape index (κ1) is 15.1. The number of carbonyl (C=O) groups is 2. The SMILES string of the molecule is CCN1CCN(C(=O)N2CCC[C@@H](C(=O)O)C2)CC1C. The predicted octanol–water partition coefficient (Wildman–Crippen LogP) is 0.929. The summed E-state index contributed by atoms with van der Waals surface area (Å²) in [5.41, 5.74) is 0. The third kappa shape index (κ3) is 3.23. The number of rotatable bonds is 2. The Hall–Kier alpha value is -1.30. The summed E-state index contributed by atoms with van der Waals surface area (Å²) in [6.07, 6.45) is 1.46. The number of piperidine rings is 1. The Bertz CT molecular complexity index is 375. The number of hydrogen-bond donors (Lipinski definition) is 1. The summed E-state index contributed by atoms with van der Waals surface area (Å²) < 4.78 is 0. The Morgan fingerprint density at radius 2 is 1.85 bits per heavy atom. The molecule has 6 nitrogen and oxygen atoms in total. The van der Waals surface area contributed by atoms with Gasteiger partial charge in [0.1, 0.15) is 0 Å². The number of urea groups is 1. The van der Waals surface area contributed by atoms with Crippen LogP contribution in [0.5, 0.6) is 0 Å². The van der Waals surface area contributed by atoms with E-state index in [-0.39, 0.29) is 6.03 Å². The van der Waals surface area contributed by atoms with E-state index in [1.807, 2.05) is 4.90 Å². The summed E-state index contributed by atoms with van der Waals surface area (Å²) in [5, 5.41) is 9.10. The van der Waals surface area contributed by atoms with Crippen LogP contribution in [-0.2, 0) is 4.79 Å². The van der Waals surface area contributed by atoms with E-state index >= 15 is 0 Å². The van der Waals surface area contributed by atoms with Crippen LogP contribution in [0.25, 0.3) is 0 Å². The van der Waals surface area contributed by atoms with Gasteiger partial charge in [-0.2, -0.15) is 0 Å². The maximum absolute atomic E-state index is 12.5. The summed E-state index contributed by atoms with van der Waals surface area (Å²) in [4.78, 5) is 29.5. The van der Waals surface area contributed by atoms with Crippen LogP contribution in [0.4, 0.5) is 4.79 Å². The topological polar surface area (TPSA) is 64.1 Å². The molecule has 20 heavy (non-hydrogen) atoms. The van der Waals surface area contributed by atoms with Crippen molar-refractivity contribution >= 4 is 12.0 Å². The smallest absolute Gasteiger partial charge is 0.320 e. The second kappa shape index (κ2) is 6.43. The fourth-order valence-electron chi connectivity index (χ4n) is 3.19. The zero-order valence-corrected chi connectivity index (χ0v) is 12.4. The van der Waals surface area contributed by atoms with Crippen LogP contribution in [0.2, 0.25) is 0 Å². The van der Waals surface area contributed by atoms with Gasteiger partial charge in [0.2, 0.25) is 0 Å². The van der Waals surface area contributed by atoms with Crippen molar-refractivity contribution in [2.24, 2.45) is 5.92 Å². The van der Waals surface area contributed by atoms with Gasteiger partial charge in [-0.05, 0) is 26.3 Å². The molecule has 2 aliphatic rings. The fourth-order valence-corrected chi connectivity index (χ4v) is 3.19. The van der Waals surface area contributed by atoms with Gasteiger partial charge in [-0.1, -0.05) is 6.92 Å². The minimum absolute atomic E-state index is 0.0125. The van der Waals surface area contributed by atoms with E-state index in [0.717, 1.165) is 32.6 Å². The van der Waals surface area contributed by atoms with Crippen molar-refractivity contribution in [2.45, 2.75) is 32.7 Å². The lowest BCUT2D eigenvalue weighted by molar-refractivity contribution is -0.143. The van der Waals surface area contributed by atoms with Gasteiger partial charge in [0, 0.05) is 38.8 Å². The van der Waals surface area contributed by atoms with E-state index in [9.17, 15) is 9.59 Å². The van der Waals surface area contributed by atoms with Crippen molar-refractivity contribution in [3.8, 4) is 0 Å². The maximum atomic E-state index is 12.5. The molecule has 2 atom stereocenters. The number of carboxylic acids is 1. The van der Waals surface area contributed by atoms with Crippen LogP contribution in [0, 0.1) is 5.92 Å². The quantitative estimate of drug-likeness (QED) is 0.819. The number of piperazine rings is 1. The van der Waals surface area contributed by atoms with E-state index in [2.05, 4.69) is 18.7 Å². The molecule has 2 aliphatic heterocycles. The van der Waals surface area contributed by atoms with Gasteiger partial charge in [0.05, 0.1) is 5.92 Å². The summed E-state index contributed by atoms with van der Waals surface area (Å²) in [6, 6.07) is 0.385. The van der Waals surface area contributed by atoms with Crippen LogP contribution in [0.1, 0.15) is 26.7 Å².